The van der Waals surface area contributed by atoms with Crippen LogP contribution in [0.3, 0.4) is 0 Å². The summed E-state index contributed by atoms with van der Waals surface area (Å²) >= 11 is 6.02. The third kappa shape index (κ3) is 2.95. The zero-order valence-corrected chi connectivity index (χ0v) is 19.1. The maximum atomic E-state index is 14.4. The third-order valence-electron chi connectivity index (χ3n) is 6.16. The number of para-hydroxylation sites is 1. The van der Waals surface area contributed by atoms with E-state index in [9.17, 15) is 14.4 Å². The lowest BCUT2D eigenvalue weighted by Gasteiger charge is -2.35. The Balaban J connectivity index is 1.83. The summed E-state index contributed by atoms with van der Waals surface area (Å²) in [6.45, 7) is 1.87. The van der Waals surface area contributed by atoms with Crippen molar-refractivity contribution in [2.45, 2.75) is 18.9 Å². The van der Waals surface area contributed by atoms with E-state index in [1.165, 1.54) is 12.0 Å². The topological polar surface area (TPSA) is 115 Å². The lowest BCUT2D eigenvalue weighted by molar-refractivity contribution is -0.138. The largest absolute Gasteiger partial charge is 0.465 e. The van der Waals surface area contributed by atoms with Crippen LogP contribution < -0.4 is 20.9 Å². The number of carbonyl (C=O) groups excluding carboxylic acids is 2. The number of halogens is 1. The summed E-state index contributed by atoms with van der Waals surface area (Å²) in [6.07, 6.45) is 0. The summed E-state index contributed by atoms with van der Waals surface area (Å²) in [5, 5.41) is 0.567. The summed E-state index contributed by atoms with van der Waals surface area (Å²) < 4.78 is 10.7. The van der Waals surface area contributed by atoms with Crippen molar-refractivity contribution in [3.8, 4) is 5.75 Å². The molecule has 0 saturated carbocycles. The molecule has 1 aromatic heterocycles. The zero-order valence-electron chi connectivity index (χ0n) is 18.3. The highest BCUT2D eigenvalue weighted by Crippen LogP contribution is 2.54. The number of carbonyl (C=O) groups is 2. The second-order valence-corrected chi connectivity index (χ2v) is 8.57. The van der Waals surface area contributed by atoms with Gasteiger partial charge in [0.25, 0.3) is 5.56 Å². The molecule has 1 atom stereocenters. The number of aromatic nitrogens is 1. The average Bonchev–Trinajstić information content (AvgIpc) is 3.03. The van der Waals surface area contributed by atoms with E-state index >= 15 is 0 Å². The van der Waals surface area contributed by atoms with Crippen LogP contribution in [-0.4, -0.2) is 24.0 Å². The summed E-state index contributed by atoms with van der Waals surface area (Å²) in [6, 6.07) is 15.7. The molecule has 9 heteroatoms. The Morgan fingerprint density at radius 2 is 1.88 bits per heavy atom. The predicted octanol–water partition coefficient (Wildman–Crippen LogP) is 2.91. The third-order valence-corrected chi connectivity index (χ3v) is 6.41. The Labute approximate surface area is 199 Å². The molecule has 2 aliphatic rings. The maximum Gasteiger partial charge on any atom is 0.340 e. The minimum atomic E-state index is -1.84. The summed E-state index contributed by atoms with van der Waals surface area (Å²) in [7, 11) is 1.18. The normalized spacial score (nSPS) is 18.6. The number of H-pyrrole nitrogens is 1. The van der Waals surface area contributed by atoms with Gasteiger partial charge in [0, 0.05) is 28.0 Å². The summed E-state index contributed by atoms with van der Waals surface area (Å²) in [5.41, 5.74) is 5.90. The summed E-state index contributed by atoms with van der Waals surface area (Å²) in [5.74, 6) is -1.55. The van der Waals surface area contributed by atoms with Gasteiger partial charge in [0.15, 0.2) is 0 Å². The number of ether oxygens (including phenoxy) is 2. The van der Waals surface area contributed by atoms with Gasteiger partial charge in [-0.05, 0) is 30.7 Å². The number of nitrogens with one attached hydrogen (secondary N) is 1. The summed E-state index contributed by atoms with van der Waals surface area (Å²) in [4.78, 5) is 45.0. The first kappa shape index (κ1) is 21.8. The molecule has 3 heterocycles. The van der Waals surface area contributed by atoms with Crippen molar-refractivity contribution in [1.29, 1.82) is 0 Å². The molecule has 3 aromatic rings. The minimum absolute atomic E-state index is 0.0104. The number of fused-ring (bicyclic) bond motifs is 4. The van der Waals surface area contributed by atoms with Crippen LogP contribution in [0.4, 0.5) is 5.69 Å². The van der Waals surface area contributed by atoms with Crippen molar-refractivity contribution in [2.75, 3.05) is 12.0 Å². The maximum absolute atomic E-state index is 14.4. The molecule has 2 aliphatic heterocycles. The SMILES string of the molecule is COC(=O)C1=C(N)Oc2cc(C)[nH]c(=O)c2C12C(=O)N(Cc1ccc(Cl)cc1)c1ccccc12. The Bertz CT molecular complexity index is 1440. The Morgan fingerprint density at radius 3 is 2.59 bits per heavy atom. The number of esters is 1. The first-order valence-corrected chi connectivity index (χ1v) is 10.8. The Kier molecular flexibility index (Phi) is 4.98. The lowest BCUT2D eigenvalue weighted by Crippen LogP contribution is -2.51. The van der Waals surface area contributed by atoms with Gasteiger partial charge in [-0.1, -0.05) is 41.9 Å². The van der Waals surface area contributed by atoms with E-state index in [0.29, 0.717) is 22.0 Å². The molecule has 8 nitrogen and oxygen atoms in total. The van der Waals surface area contributed by atoms with Crippen LogP contribution in [0.25, 0.3) is 0 Å². The molecule has 172 valence electrons. The fourth-order valence-electron chi connectivity index (χ4n) is 4.79. The van der Waals surface area contributed by atoms with Gasteiger partial charge in [-0.15, -0.1) is 0 Å². The number of nitrogens with zero attached hydrogens (tertiary/aromatic N) is 1. The number of nitrogens with two attached hydrogens (primary N) is 1. The molecule has 5 rings (SSSR count). The molecule has 0 bridgehead atoms. The number of methoxy groups -OCH3 is 1. The number of hydrogen-bond acceptors (Lipinski definition) is 6. The molecule has 1 unspecified atom stereocenters. The van der Waals surface area contributed by atoms with Crippen molar-refractivity contribution < 1.29 is 19.1 Å². The molecule has 1 spiro atoms. The van der Waals surface area contributed by atoms with E-state index < -0.39 is 22.9 Å². The second-order valence-electron chi connectivity index (χ2n) is 8.14. The fraction of sp³-hybridized carbons (Fsp3) is 0.160. The number of rotatable bonds is 3. The average molecular weight is 478 g/mol. The number of benzene rings is 2. The van der Waals surface area contributed by atoms with Crippen molar-refractivity contribution >= 4 is 29.2 Å². The number of aryl methyl sites for hydroxylation is 1. The van der Waals surface area contributed by atoms with Crippen molar-refractivity contribution in [1.82, 2.24) is 4.98 Å². The number of pyridine rings is 1. The van der Waals surface area contributed by atoms with E-state index in [1.54, 1.807) is 49.4 Å². The van der Waals surface area contributed by atoms with Crippen LogP contribution in [0.5, 0.6) is 5.75 Å². The quantitative estimate of drug-likeness (QED) is 0.560. The van der Waals surface area contributed by atoms with E-state index in [-0.39, 0.29) is 29.3 Å². The van der Waals surface area contributed by atoms with Crippen molar-refractivity contribution in [2.24, 2.45) is 5.73 Å². The second kappa shape index (κ2) is 7.78. The van der Waals surface area contributed by atoms with Crippen LogP contribution in [0, 0.1) is 6.92 Å². The standard InChI is InChI=1S/C25H20ClN3O5/c1-13-11-18-19(22(30)28-13)25(20(21(27)34-18)23(31)33-2)16-5-3-4-6-17(16)29(24(25)32)12-14-7-9-15(26)10-8-14/h3-11H,12,27H2,1-2H3,(H,28,30). The van der Waals surface area contributed by atoms with Crippen molar-refractivity contribution in [3.63, 3.8) is 0 Å². The number of hydrogen-bond donors (Lipinski definition) is 2. The van der Waals surface area contributed by atoms with Crippen molar-refractivity contribution in [3.05, 3.63) is 104 Å². The van der Waals surface area contributed by atoms with E-state index in [4.69, 9.17) is 26.8 Å². The van der Waals surface area contributed by atoms with Gasteiger partial charge in [0.05, 0.1) is 19.2 Å². The first-order chi connectivity index (χ1) is 16.3. The van der Waals surface area contributed by atoms with Gasteiger partial charge in [-0.2, -0.15) is 0 Å². The Hall–Kier alpha value is -4.04. The highest BCUT2D eigenvalue weighted by molar-refractivity contribution is 6.30. The molecular weight excluding hydrogens is 458 g/mol. The molecule has 3 N–H and O–H groups in total. The first-order valence-electron chi connectivity index (χ1n) is 10.5. The highest BCUT2D eigenvalue weighted by atomic mass is 35.5. The van der Waals surface area contributed by atoms with Gasteiger partial charge in [0.2, 0.25) is 11.8 Å². The van der Waals surface area contributed by atoms with Gasteiger partial charge in [0.1, 0.15) is 16.7 Å². The van der Waals surface area contributed by atoms with E-state index in [1.807, 2.05) is 12.1 Å². The highest BCUT2D eigenvalue weighted by Gasteiger charge is 2.62. The minimum Gasteiger partial charge on any atom is -0.465 e. The van der Waals surface area contributed by atoms with E-state index in [2.05, 4.69) is 4.98 Å². The van der Waals surface area contributed by atoms with Crippen LogP contribution in [0.1, 0.15) is 22.4 Å². The van der Waals surface area contributed by atoms with E-state index in [0.717, 1.165) is 5.56 Å². The van der Waals surface area contributed by atoms with Crippen LogP contribution in [0.2, 0.25) is 5.02 Å². The molecule has 0 fully saturated rings. The number of anilines is 1. The lowest BCUT2D eigenvalue weighted by atomic mass is 9.68. The molecular formula is C25H20ClN3O5. The molecule has 1 amide bonds. The van der Waals surface area contributed by atoms with Gasteiger partial charge in [-0.3, -0.25) is 9.59 Å². The molecule has 0 aliphatic carbocycles. The Morgan fingerprint density at radius 1 is 1.18 bits per heavy atom. The van der Waals surface area contributed by atoms with Crippen LogP contribution >= 0.6 is 11.6 Å². The van der Waals surface area contributed by atoms with Crippen LogP contribution in [0.15, 0.2) is 70.8 Å². The smallest absolute Gasteiger partial charge is 0.340 e. The molecule has 34 heavy (non-hydrogen) atoms. The zero-order chi connectivity index (χ0) is 24.2. The molecule has 0 saturated heterocycles. The van der Waals surface area contributed by atoms with Gasteiger partial charge < -0.3 is 25.1 Å². The predicted molar refractivity (Wildman–Crippen MR) is 126 cm³/mol. The van der Waals surface area contributed by atoms with Gasteiger partial charge >= 0.3 is 5.97 Å². The molecule has 2 aromatic carbocycles. The molecule has 0 radical (unpaired) electrons. The van der Waals surface area contributed by atoms with Crippen LogP contribution in [-0.2, 0) is 26.3 Å². The number of amides is 1. The fourth-order valence-corrected chi connectivity index (χ4v) is 4.92. The van der Waals surface area contributed by atoms with Gasteiger partial charge in [-0.25, -0.2) is 4.79 Å². The monoisotopic (exact) mass is 477 g/mol. The number of aromatic amines is 1.